The molecule has 0 aliphatic carbocycles. The van der Waals surface area contributed by atoms with Crippen LogP contribution in [0.5, 0.6) is 0 Å². The summed E-state index contributed by atoms with van der Waals surface area (Å²) in [5, 5.41) is 4.13. The highest BCUT2D eigenvalue weighted by atomic mass is 79.9. The molecule has 2 nitrogen and oxygen atoms in total. The van der Waals surface area contributed by atoms with Gasteiger partial charge in [-0.05, 0) is 48.1 Å². The largest absolute Gasteiger partial charge is 0.350 e. The van der Waals surface area contributed by atoms with Crippen molar-refractivity contribution in [3.63, 3.8) is 0 Å². The van der Waals surface area contributed by atoms with Crippen molar-refractivity contribution in [2.45, 2.75) is 31.7 Å². The summed E-state index contributed by atoms with van der Waals surface area (Å²) in [4.78, 5) is 12.6. The molecule has 1 unspecified atom stereocenters. The molecule has 0 bridgehead atoms. The second-order valence-electron chi connectivity index (χ2n) is 4.23. The molecule has 1 aromatic heterocycles. The van der Waals surface area contributed by atoms with E-state index in [1.807, 2.05) is 32.2 Å². The molecule has 0 saturated heterocycles. The van der Waals surface area contributed by atoms with Crippen LogP contribution in [0.3, 0.4) is 0 Å². The van der Waals surface area contributed by atoms with Crippen molar-refractivity contribution in [1.82, 2.24) is 5.32 Å². The number of hydrogen-bond acceptors (Lipinski definition) is 2. The zero-order valence-corrected chi connectivity index (χ0v) is 12.0. The van der Waals surface area contributed by atoms with Crippen molar-refractivity contribution in [2.24, 2.45) is 0 Å². The number of carbonyl (C=O) groups is 1. The van der Waals surface area contributed by atoms with E-state index in [9.17, 15) is 4.79 Å². The van der Waals surface area contributed by atoms with Crippen molar-refractivity contribution in [3.05, 3.63) is 20.8 Å². The monoisotopic (exact) mass is 309 g/mol. The quantitative estimate of drug-likeness (QED) is 0.829. The second-order valence-corrected chi connectivity index (χ2v) is 6.47. The van der Waals surface area contributed by atoms with Crippen LogP contribution in [-0.2, 0) is 4.79 Å². The van der Waals surface area contributed by atoms with Crippen molar-refractivity contribution in [2.75, 3.05) is 0 Å². The summed E-state index contributed by atoms with van der Waals surface area (Å²) in [6, 6.07) is 1.89. The Hall–Kier alpha value is -0.0600. The average Bonchev–Trinajstić information content (AvgIpc) is 2.47. The summed E-state index contributed by atoms with van der Waals surface area (Å²) in [6.45, 7) is 5.79. The maximum Gasteiger partial charge on any atom is 0.243 e. The summed E-state index contributed by atoms with van der Waals surface area (Å²) < 4.78 is 0.886. The molecule has 15 heavy (non-hydrogen) atoms. The van der Waals surface area contributed by atoms with Gasteiger partial charge in [0.2, 0.25) is 5.91 Å². The maximum atomic E-state index is 11.8. The molecule has 0 fully saturated rings. The molecule has 5 heteroatoms. The number of hydrogen-bond donors (Lipinski definition) is 1. The topological polar surface area (TPSA) is 29.1 Å². The van der Waals surface area contributed by atoms with Crippen molar-refractivity contribution < 1.29 is 4.79 Å². The van der Waals surface area contributed by atoms with Crippen LogP contribution >= 0.6 is 38.9 Å². The first-order valence-corrected chi connectivity index (χ1v) is 6.61. The van der Waals surface area contributed by atoms with E-state index in [0.717, 1.165) is 9.35 Å². The number of amides is 1. The highest BCUT2D eigenvalue weighted by Gasteiger charge is 2.24. The molecular formula is C10H13BrClNOS. The first-order chi connectivity index (χ1) is 6.81. The molecular weight excluding hydrogens is 298 g/mol. The van der Waals surface area contributed by atoms with Gasteiger partial charge in [0.25, 0.3) is 0 Å². The predicted octanol–water partition coefficient (Wildman–Crippen LogP) is 3.71. The Morgan fingerprint density at radius 3 is 2.60 bits per heavy atom. The van der Waals surface area contributed by atoms with E-state index < -0.39 is 5.38 Å². The van der Waals surface area contributed by atoms with E-state index in [1.165, 1.54) is 11.3 Å². The third-order valence-corrected chi connectivity index (χ3v) is 4.08. The Kier molecular flexibility index (Phi) is 4.20. The lowest BCUT2D eigenvalue weighted by Crippen LogP contribution is -2.42. The minimum absolute atomic E-state index is 0.160. The highest BCUT2D eigenvalue weighted by Crippen LogP contribution is 2.33. The molecule has 0 aromatic carbocycles. The van der Waals surface area contributed by atoms with E-state index in [1.54, 1.807) is 0 Å². The molecule has 0 saturated carbocycles. The number of carbonyl (C=O) groups excluding carboxylic acids is 1. The van der Waals surface area contributed by atoms with Gasteiger partial charge in [-0.2, -0.15) is 0 Å². The summed E-state index contributed by atoms with van der Waals surface area (Å²) in [7, 11) is 0. The molecule has 0 spiro atoms. The number of nitrogens with one attached hydrogen (secondary N) is 1. The number of halogens is 2. The van der Waals surface area contributed by atoms with Gasteiger partial charge < -0.3 is 5.32 Å². The normalized spacial score (nSPS) is 13.7. The van der Waals surface area contributed by atoms with Crippen LogP contribution in [0.25, 0.3) is 0 Å². The SMILES string of the molecule is CC(C)(C)NC(=O)C(Cl)c1sccc1Br. The number of thiophene rings is 1. The van der Waals surface area contributed by atoms with E-state index in [2.05, 4.69) is 21.2 Å². The Morgan fingerprint density at radius 1 is 1.60 bits per heavy atom. The lowest BCUT2D eigenvalue weighted by Gasteiger charge is -2.22. The first-order valence-electron chi connectivity index (χ1n) is 4.50. The average molecular weight is 311 g/mol. The van der Waals surface area contributed by atoms with Gasteiger partial charge in [-0.3, -0.25) is 4.79 Å². The fraction of sp³-hybridized carbons (Fsp3) is 0.500. The minimum Gasteiger partial charge on any atom is -0.350 e. The third kappa shape index (κ3) is 3.78. The smallest absolute Gasteiger partial charge is 0.243 e. The van der Waals surface area contributed by atoms with Crippen LogP contribution in [0.4, 0.5) is 0 Å². The van der Waals surface area contributed by atoms with Gasteiger partial charge in [-0.15, -0.1) is 22.9 Å². The molecule has 1 aromatic rings. The zero-order valence-electron chi connectivity index (χ0n) is 8.80. The van der Waals surface area contributed by atoms with Gasteiger partial charge in [0.1, 0.15) is 5.38 Å². The van der Waals surface area contributed by atoms with Crippen molar-refractivity contribution in [1.29, 1.82) is 0 Å². The van der Waals surface area contributed by atoms with Gasteiger partial charge in [0.05, 0.1) is 0 Å². The van der Waals surface area contributed by atoms with Crippen LogP contribution in [0.2, 0.25) is 0 Å². The van der Waals surface area contributed by atoms with E-state index in [0.29, 0.717) is 0 Å². The molecule has 1 N–H and O–H groups in total. The molecule has 0 aliphatic rings. The van der Waals surface area contributed by atoms with Gasteiger partial charge in [-0.25, -0.2) is 0 Å². The van der Waals surface area contributed by atoms with Crippen LogP contribution in [0.15, 0.2) is 15.9 Å². The van der Waals surface area contributed by atoms with Crippen molar-refractivity contribution in [3.8, 4) is 0 Å². The van der Waals surface area contributed by atoms with E-state index in [4.69, 9.17) is 11.6 Å². The first kappa shape index (κ1) is 13.0. The van der Waals surface area contributed by atoms with Gasteiger partial charge in [0.15, 0.2) is 0 Å². The highest BCUT2D eigenvalue weighted by molar-refractivity contribution is 9.10. The van der Waals surface area contributed by atoms with Crippen LogP contribution in [0, 0.1) is 0 Å². The lowest BCUT2D eigenvalue weighted by atomic mass is 10.1. The van der Waals surface area contributed by atoms with Crippen LogP contribution < -0.4 is 5.32 Å². The Bertz CT molecular complexity index is 359. The summed E-state index contributed by atoms with van der Waals surface area (Å²) in [5.74, 6) is -0.160. The van der Waals surface area contributed by atoms with E-state index >= 15 is 0 Å². The van der Waals surface area contributed by atoms with Crippen molar-refractivity contribution >= 4 is 44.8 Å². The predicted molar refractivity (Wildman–Crippen MR) is 68.5 cm³/mol. The summed E-state index contributed by atoms with van der Waals surface area (Å²) >= 11 is 10.9. The Morgan fingerprint density at radius 2 is 2.20 bits per heavy atom. The van der Waals surface area contributed by atoms with E-state index in [-0.39, 0.29) is 11.4 Å². The van der Waals surface area contributed by atoms with Crippen LogP contribution in [0.1, 0.15) is 31.0 Å². The molecule has 0 aliphatic heterocycles. The minimum atomic E-state index is -0.626. The number of rotatable bonds is 2. The molecule has 0 radical (unpaired) electrons. The Labute approximate surface area is 107 Å². The van der Waals surface area contributed by atoms with Gasteiger partial charge in [-0.1, -0.05) is 0 Å². The summed E-state index contributed by atoms with van der Waals surface area (Å²) in [5.41, 5.74) is -0.256. The summed E-state index contributed by atoms with van der Waals surface area (Å²) in [6.07, 6.45) is 0. The molecule has 1 heterocycles. The third-order valence-electron chi connectivity index (χ3n) is 1.60. The molecule has 1 atom stereocenters. The molecule has 1 amide bonds. The fourth-order valence-corrected chi connectivity index (χ4v) is 3.07. The standard InChI is InChI=1S/C10H13BrClNOS/c1-10(2,3)13-9(14)7(12)8-6(11)4-5-15-8/h4-5,7H,1-3H3,(H,13,14). The van der Waals surface area contributed by atoms with Gasteiger partial charge >= 0.3 is 0 Å². The maximum absolute atomic E-state index is 11.8. The van der Waals surface area contributed by atoms with Crippen LogP contribution in [-0.4, -0.2) is 11.4 Å². The Balaban J connectivity index is 2.74. The number of alkyl halides is 1. The molecule has 1 rings (SSSR count). The van der Waals surface area contributed by atoms with Gasteiger partial charge in [0, 0.05) is 14.9 Å². The fourth-order valence-electron chi connectivity index (χ4n) is 1.04. The lowest BCUT2D eigenvalue weighted by molar-refractivity contribution is -0.122. The second kappa shape index (κ2) is 4.85. The zero-order chi connectivity index (χ0) is 11.6. The molecule has 84 valence electrons.